The van der Waals surface area contributed by atoms with E-state index >= 15 is 0 Å². The zero-order valence-electron chi connectivity index (χ0n) is 10.3. The molecule has 1 atom stereocenters. The Morgan fingerprint density at radius 1 is 1.50 bits per heavy atom. The molecule has 18 heavy (non-hydrogen) atoms. The molecular formula is C11H17ClN2O3S. The van der Waals surface area contributed by atoms with Crippen LogP contribution in [0, 0.1) is 6.92 Å². The number of nitrogens with one attached hydrogen (secondary N) is 1. The largest absolute Gasteiger partial charge is 0.399 e. The monoisotopic (exact) mass is 292 g/mol. The minimum Gasteiger partial charge on any atom is -0.399 e. The molecule has 0 aromatic heterocycles. The van der Waals surface area contributed by atoms with Gasteiger partial charge in [0.2, 0.25) is 10.0 Å². The molecule has 1 aromatic rings. The quantitative estimate of drug-likeness (QED) is 0.713. The maximum Gasteiger partial charge on any atom is 0.242 e. The Balaban J connectivity index is 3.05. The fraction of sp³-hybridized carbons (Fsp3) is 0.455. The number of hydrogen-bond acceptors (Lipinski definition) is 4. The van der Waals surface area contributed by atoms with Crippen LogP contribution in [0.5, 0.6) is 0 Å². The Bertz CT molecular complexity index is 531. The van der Waals surface area contributed by atoms with E-state index in [0.717, 1.165) is 0 Å². The maximum atomic E-state index is 12.0. The zero-order valence-corrected chi connectivity index (χ0v) is 11.8. The Labute approximate surface area is 112 Å². The molecule has 0 aliphatic rings. The fourth-order valence-electron chi connectivity index (χ4n) is 1.39. The van der Waals surface area contributed by atoms with Crippen molar-refractivity contribution >= 4 is 27.3 Å². The lowest BCUT2D eigenvalue weighted by molar-refractivity contribution is 0.174. The number of aryl methyl sites for hydroxylation is 1. The van der Waals surface area contributed by atoms with Gasteiger partial charge < -0.3 is 10.8 Å². The van der Waals surface area contributed by atoms with Gasteiger partial charge >= 0.3 is 0 Å². The van der Waals surface area contributed by atoms with Gasteiger partial charge in [0.1, 0.15) is 4.90 Å². The van der Waals surface area contributed by atoms with E-state index in [4.69, 9.17) is 17.3 Å². The molecule has 1 aromatic carbocycles. The number of sulfonamides is 1. The van der Waals surface area contributed by atoms with Gasteiger partial charge in [0.05, 0.1) is 11.1 Å². The van der Waals surface area contributed by atoms with Crippen molar-refractivity contribution in [2.75, 3.05) is 12.3 Å². The van der Waals surface area contributed by atoms with Gasteiger partial charge in [-0.15, -0.1) is 0 Å². The Hall–Kier alpha value is -0.820. The Morgan fingerprint density at radius 2 is 2.11 bits per heavy atom. The summed E-state index contributed by atoms with van der Waals surface area (Å²) in [5.74, 6) is 0. The lowest BCUT2D eigenvalue weighted by atomic mass is 10.2. The molecule has 0 aliphatic carbocycles. The van der Waals surface area contributed by atoms with Crippen LogP contribution in [0.2, 0.25) is 5.02 Å². The van der Waals surface area contributed by atoms with Crippen molar-refractivity contribution in [3.8, 4) is 0 Å². The average molecular weight is 293 g/mol. The van der Waals surface area contributed by atoms with Crippen LogP contribution in [0.1, 0.15) is 18.9 Å². The maximum absolute atomic E-state index is 12.0. The van der Waals surface area contributed by atoms with Gasteiger partial charge in [-0.2, -0.15) is 0 Å². The number of hydrogen-bond donors (Lipinski definition) is 3. The van der Waals surface area contributed by atoms with E-state index in [2.05, 4.69) is 4.72 Å². The van der Waals surface area contributed by atoms with Crippen LogP contribution in [0.25, 0.3) is 0 Å². The molecule has 0 radical (unpaired) electrons. The minimum atomic E-state index is -3.76. The molecule has 4 N–H and O–H groups in total. The third-order valence-corrected chi connectivity index (χ3v) is 4.57. The number of aliphatic hydroxyl groups is 1. The molecule has 5 nitrogen and oxygen atoms in total. The molecule has 1 unspecified atom stereocenters. The number of nitrogen functional groups attached to an aromatic ring is 1. The topological polar surface area (TPSA) is 92.4 Å². The van der Waals surface area contributed by atoms with Crippen molar-refractivity contribution < 1.29 is 13.5 Å². The molecular weight excluding hydrogens is 276 g/mol. The van der Waals surface area contributed by atoms with Crippen LogP contribution in [0.15, 0.2) is 17.0 Å². The molecule has 0 saturated heterocycles. The summed E-state index contributed by atoms with van der Waals surface area (Å²) in [6.45, 7) is 3.39. The summed E-state index contributed by atoms with van der Waals surface area (Å²) in [7, 11) is -3.76. The first-order valence-corrected chi connectivity index (χ1v) is 7.37. The molecule has 0 fully saturated rings. The number of aliphatic hydroxyl groups excluding tert-OH is 1. The van der Waals surface area contributed by atoms with Gasteiger partial charge in [0.25, 0.3) is 0 Å². The van der Waals surface area contributed by atoms with Gasteiger partial charge in [-0.05, 0) is 31.0 Å². The number of rotatable bonds is 5. The van der Waals surface area contributed by atoms with Crippen molar-refractivity contribution in [3.05, 3.63) is 22.7 Å². The average Bonchev–Trinajstić information content (AvgIpc) is 2.30. The molecule has 0 spiro atoms. The molecule has 1 rings (SSSR count). The molecule has 0 aliphatic heterocycles. The number of benzene rings is 1. The fourth-order valence-corrected chi connectivity index (χ4v) is 3.06. The zero-order chi connectivity index (χ0) is 13.9. The lowest BCUT2D eigenvalue weighted by Gasteiger charge is -2.13. The van der Waals surface area contributed by atoms with Crippen molar-refractivity contribution in [2.45, 2.75) is 31.3 Å². The van der Waals surface area contributed by atoms with E-state index in [-0.39, 0.29) is 16.5 Å². The van der Waals surface area contributed by atoms with E-state index in [9.17, 15) is 13.5 Å². The second-order valence-corrected chi connectivity index (χ2v) is 6.18. The van der Waals surface area contributed by atoms with E-state index in [1.807, 2.05) is 0 Å². The highest BCUT2D eigenvalue weighted by Crippen LogP contribution is 2.27. The first-order chi connectivity index (χ1) is 8.27. The van der Waals surface area contributed by atoms with Crippen molar-refractivity contribution in [3.63, 3.8) is 0 Å². The Morgan fingerprint density at radius 3 is 2.67 bits per heavy atom. The van der Waals surface area contributed by atoms with E-state index in [1.54, 1.807) is 19.9 Å². The second-order valence-electron chi connectivity index (χ2n) is 4.06. The summed E-state index contributed by atoms with van der Waals surface area (Å²) in [4.78, 5) is -0.0648. The van der Waals surface area contributed by atoms with Crippen LogP contribution < -0.4 is 10.5 Å². The van der Waals surface area contributed by atoms with Gasteiger partial charge in [0.15, 0.2) is 0 Å². The lowest BCUT2D eigenvalue weighted by Crippen LogP contribution is -2.32. The third-order valence-electron chi connectivity index (χ3n) is 2.51. The van der Waals surface area contributed by atoms with Crippen LogP contribution >= 0.6 is 11.6 Å². The summed E-state index contributed by atoms with van der Waals surface area (Å²) < 4.78 is 26.3. The first kappa shape index (κ1) is 15.2. The van der Waals surface area contributed by atoms with Gasteiger partial charge in [-0.25, -0.2) is 13.1 Å². The number of anilines is 1. The van der Waals surface area contributed by atoms with Crippen LogP contribution in [-0.2, 0) is 10.0 Å². The normalized spacial score (nSPS) is 13.6. The summed E-state index contributed by atoms with van der Waals surface area (Å²) in [6.07, 6.45) is -0.257. The van der Waals surface area contributed by atoms with Crippen molar-refractivity contribution in [1.82, 2.24) is 4.72 Å². The molecule has 0 amide bonds. The summed E-state index contributed by atoms with van der Waals surface area (Å²) in [6, 6.07) is 2.90. The van der Waals surface area contributed by atoms with Gasteiger partial charge in [-0.1, -0.05) is 18.5 Å². The summed E-state index contributed by atoms with van der Waals surface area (Å²) in [5.41, 5.74) is 6.52. The van der Waals surface area contributed by atoms with Gasteiger partial charge in [-0.3, -0.25) is 0 Å². The van der Waals surface area contributed by atoms with E-state index in [1.165, 1.54) is 6.07 Å². The van der Waals surface area contributed by atoms with E-state index in [0.29, 0.717) is 17.7 Å². The predicted octanol–water partition coefficient (Wildman–Crippen LogP) is 1.28. The highest BCUT2D eigenvalue weighted by atomic mass is 35.5. The van der Waals surface area contributed by atoms with Crippen LogP contribution in [0.3, 0.4) is 0 Å². The van der Waals surface area contributed by atoms with Gasteiger partial charge in [0, 0.05) is 12.2 Å². The van der Waals surface area contributed by atoms with Crippen molar-refractivity contribution in [1.29, 1.82) is 0 Å². The molecule has 0 bridgehead atoms. The van der Waals surface area contributed by atoms with Crippen LogP contribution in [-0.4, -0.2) is 26.2 Å². The summed E-state index contributed by atoms with van der Waals surface area (Å²) >= 11 is 5.96. The first-order valence-electron chi connectivity index (χ1n) is 5.51. The summed E-state index contributed by atoms with van der Waals surface area (Å²) in [5, 5.41) is 9.50. The SMILES string of the molecule is CCC(O)CNS(=O)(=O)c1cc(N)cc(C)c1Cl. The molecule has 102 valence electrons. The molecule has 7 heteroatoms. The second kappa shape index (κ2) is 5.88. The van der Waals surface area contributed by atoms with Crippen LogP contribution in [0.4, 0.5) is 5.69 Å². The highest BCUT2D eigenvalue weighted by molar-refractivity contribution is 7.89. The predicted molar refractivity (Wildman–Crippen MR) is 72.1 cm³/mol. The minimum absolute atomic E-state index is 0.0526. The van der Waals surface area contributed by atoms with E-state index < -0.39 is 16.1 Å². The number of nitrogens with two attached hydrogens (primary N) is 1. The van der Waals surface area contributed by atoms with Crippen molar-refractivity contribution in [2.24, 2.45) is 0 Å². The Kier molecular flexibility index (Phi) is 4.98. The molecule has 0 heterocycles. The third kappa shape index (κ3) is 3.58. The standard InChI is InChI=1S/C11H17ClN2O3S/c1-3-9(15)6-14-18(16,17)10-5-8(13)4-7(2)11(10)12/h4-5,9,14-15H,3,6,13H2,1-2H3. The highest BCUT2D eigenvalue weighted by Gasteiger charge is 2.20. The smallest absolute Gasteiger partial charge is 0.242 e. The molecule has 0 saturated carbocycles. The number of halogens is 1.